The first-order chi connectivity index (χ1) is 5.77. The lowest BCUT2D eigenvalue weighted by Gasteiger charge is -2.23. The smallest absolute Gasteiger partial charge is 0.0558 e. The Bertz CT molecular complexity index is 128. The van der Waals surface area contributed by atoms with Crippen molar-refractivity contribution in [3.8, 4) is 0 Å². The first-order valence-corrected chi connectivity index (χ1v) is 5.37. The van der Waals surface area contributed by atoms with Crippen LogP contribution in [0.4, 0.5) is 0 Å². The fourth-order valence-electron chi connectivity index (χ4n) is 1.45. The van der Waals surface area contributed by atoms with Crippen molar-refractivity contribution < 1.29 is 5.11 Å². The van der Waals surface area contributed by atoms with Gasteiger partial charge in [0.05, 0.1) is 6.61 Å². The quantitative estimate of drug-likeness (QED) is 0.609. The molecule has 1 saturated carbocycles. The van der Waals surface area contributed by atoms with Crippen LogP contribution >= 0.6 is 12.6 Å². The minimum atomic E-state index is 0.287. The highest BCUT2D eigenvalue weighted by atomic mass is 32.1. The Morgan fingerprint density at radius 3 is 2.67 bits per heavy atom. The molecule has 1 atom stereocenters. The van der Waals surface area contributed by atoms with E-state index in [1.807, 2.05) is 0 Å². The Kier molecular flexibility index (Phi) is 4.40. The van der Waals surface area contributed by atoms with Crippen molar-refractivity contribution in [1.82, 2.24) is 4.90 Å². The van der Waals surface area contributed by atoms with Crippen LogP contribution in [-0.4, -0.2) is 41.5 Å². The molecule has 3 heteroatoms. The molecule has 0 radical (unpaired) electrons. The van der Waals surface area contributed by atoms with E-state index < -0.39 is 0 Å². The van der Waals surface area contributed by atoms with Gasteiger partial charge in [-0.05, 0) is 24.5 Å². The number of hydrogen-bond donors (Lipinski definition) is 2. The molecular weight excluding hydrogens is 170 g/mol. The fourth-order valence-corrected chi connectivity index (χ4v) is 1.56. The summed E-state index contributed by atoms with van der Waals surface area (Å²) in [5, 5.41) is 8.84. The van der Waals surface area contributed by atoms with Gasteiger partial charge in [0.1, 0.15) is 0 Å². The summed E-state index contributed by atoms with van der Waals surface area (Å²) in [5.74, 6) is 1.58. The maximum Gasteiger partial charge on any atom is 0.0558 e. The monoisotopic (exact) mass is 189 g/mol. The minimum Gasteiger partial charge on any atom is -0.395 e. The first kappa shape index (κ1) is 10.4. The zero-order valence-electron chi connectivity index (χ0n) is 7.74. The molecule has 0 bridgehead atoms. The van der Waals surface area contributed by atoms with Crippen LogP contribution < -0.4 is 0 Å². The molecule has 72 valence electrons. The maximum absolute atomic E-state index is 8.84. The van der Waals surface area contributed by atoms with E-state index in [0.29, 0.717) is 5.92 Å². The molecule has 1 aliphatic carbocycles. The summed E-state index contributed by atoms with van der Waals surface area (Å²) >= 11 is 4.26. The number of nitrogens with zero attached hydrogens (tertiary/aromatic N) is 1. The number of rotatable bonds is 6. The van der Waals surface area contributed by atoms with Crippen LogP contribution in [-0.2, 0) is 0 Å². The average molecular weight is 189 g/mol. The van der Waals surface area contributed by atoms with Gasteiger partial charge in [-0.3, -0.25) is 4.90 Å². The summed E-state index contributed by atoms with van der Waals surface area (Å²) < 4.78 is 0. The third-order valence-corrected chi connectivity index (χ3v) is 2.93. The van der Waals surface area contributed by atoms with E-state index >= 15 is 0 Å². The molecular formula is C9H19NOS. The van der Waals surface area contributed by atoms with E-state index in [-0.39, 0.29) is 6.61 Å². The predicted molar refractivity (Wildman–Crippen MR) is 54.7 cm³/mol. The van der Waals surface area contributed by atoms with Crippen LogP contribution in [0.2, 0.25) is 0 Å². The standard InChI is InChI=1S/C9H19NOS/c1-8(7-12)6-10(4-5-11)9-2-3-9/h8-9,11-12H,2-7H2,1H3. The molecule has 1 unspecified atom stereocenters. The Hall–Kier alpha value is 0.270. The van der Waals surface area contributed by atoms with Gasteiger partial charge in [0.15, 0.2) is 0 Å². The molecule has 1 fully saturated rings. The number of thiol groups is 1. The highest BCUT2D eigenvalue weighted by Gasteiger charge is 2.28. The van der Waals surface area contributed by atoms with Crippen LogP contribution in [0.3, 0.4) is 0 Å². The van der Waals surface area contributed by atoms with E-state index in [1.165, 1.54) is 12.8 Å². The van der Waals surface area contributed by atoms with Crippen molar-refractivity contribution in [3.05, 3.63) is 0 Å². The second kappa shape index (κ2) is 5.10. The van der Waals surface area contributed by atoms with E-state index in [9.17, 15) is 0 Å². The summed E-state index contributed by atoms with van der Waals surface area (Å²) in [4.78, 5) is 2.39. The number of aliphatic hydroxyl groups excluding tert-OH is 1. The first-order valence-electron chi connectivity index (χ1n) is 4.73. The molecule has 0 spiro atoms. The van der Waals surface area contributed by atoms with E-state index in [1.54, 1.807) is 0 Å². The van der Waals surface area contributed by atoms with Crippen molar-refractivity contribution in [1.29, 1.82) is 0 Å². The van der Waals surface area contributed by atoms with Crippen LogP contribution in [0.1, 0.15) is 19.8 Å². The Balaban J connectivity index is 2.22. The van der Waals surface area contributed by atoms with Gasteiger partial charge in [0.2, 0.25) is 0 Å². The highest BCUT2D eigenvalue weighted by Crippen LogP contribution is 2.27. The molecule has 0 heterocycles. The lowest BCUT2D eigenvalue weighted by atomic mass is 10.2. The van der Waals surface area contributed by atoms with E-state index in [2.05, 4.69) is 24.5 Å². The SMILES string of the molecule is CC(CS)CN(CCO)C1CC1. The topological polar surface area (TPSA) is 23.5 Å². The van der Waals surface area contributed by atoms with Crippen molar-refractivity contribution in [2.75, 3.05) is 25.4 Å². The largest absolute Gasteiger partial charge is 0.395 e. The molecule has 1 rings (SSSR count). The zero-order chi connectivity index (χ0) is 8.97. The zero-order valence-corrected chi connectivity index (χ0v) is 8.63. The lowest BCUT2D eigenvalue weighted by Crippen LogP contribution is -2.33. The molecule has 0 aromatic rings. The number of aliphatic hydroxyl groups is 1. The molecule has 12 heavy (non-hydrogen) atoms. The van der Waals surface area contributed by atoms with E-state index in [0.717, 1.165) is 24.9 Å². The third-order valence-electron chi connectivity index (χ3n) is 2.31. The van der Waals surface area contributed by atoms with Crippen molar-refractivity contribution in [2.24, 2.45) is 5.92 Å². The Morgan fingerprint density at radius 1 is 1.58 bits per heavy atom. The summed E-state index contributed by atoms with van der Waals surface area (Å²) in [6.45, 7) is 4.42. The Morgan fingerprint density at radius 2 is 2.25 bits per heavy atom. The van der Waals surface area contributed by atoms with Gasteiger partial charge in [0, 0.05) is 19.1 Å². The summed E-state index contributed by atoms with van der Waals surface area (Å²) in [6, 6.07) is 0.763. The second-order valence-electron chi connectivity index (χ2n) is 3.74. The molecule has 2 nitrogen and oxygen atoms in total. The molecule has 1 N–H and O–H groups in total. The van der Waals surface area contributed by atoms with Crippen molar-refractivity contribution in [3.63, 3.8) is 0 Å². The maximum atomic E-state index is 8.84. The van der Waals surface area contributed by atoms with Gasteiger partial charge in [-0.1, -0.05) is 6.92 Å². The second-order valence-corrected chi connectivity index (χ2v) is 4.10. The lowest BCUT2D eigenvalue weighted by molar-refractivity contribution is 0.176. The van der Waals surface area contributed by atoms with Gasteiger partial charge in [-0.15, -0.1) is 0 Å². The molecule has 0 amide bonds. The van der Waals surface area contributed by atoms with Crippen molar-refractivity contribution >= 4 is 12.6 Å². The summed E-state index contributed by atoms with van der Waals surface area (Å²) in [7, 11) is 0. The normalized spacial score (nSPS) is 20.0. The van der Waals surface area contributed by atoms with Gasteiger partial charge in [-0.25, -0.2) is 0 Å². The summed E-state index contributed by atoms with van der Waals surface area (Å²) in [6.07, 6.45) is 2.64. The van der Waals surface area contributed by atoms with E-state index in [4.69, 9.17) is 5.11 Å². The average Bonchev–Trinajstić information content (AvgIpc) is 2.86. The highest BCUT2D eigenvalue weighted by molar-refractivity contribution is 7.80. The number of hydrogen-bond acceptors (Lipinski definition) is 3. The Labute approximate surface area is 80.4 Å². The molecule has 1 aliphatic rings. The van der Waals surface area contributed by atoms with Gasteiger partial charge in [0.25, 0.3) is 0 Å². The van der Waals surface area contributed by atoms with Crippen LogP contribution in [0, 0.1) is 5.92 Å². The predicted octanol–water partition coefficient (Wildman–Crippen LogP) is 1.01. The minimum absolute atomic E-state index is 0.287. The van der Waals surface area contributed by atoms with Crippen molar-refractivity contribution in [2.45, 2.75) is 25.8 Å². The molecule has 0 aromatic heterocycles. The third kappa shape index (κ3) is 3.33. The molecule has 0 aliphatic heterocycles. The van der Waals surface area contributed by atoms with Gasteiger partial charge >= 0.3 is 0 Å². The molecule has 0 saturated heterocycles. The van der Waals surface area contributed by atoms with Crippen LogP contribution in [0.5, 0.6) is 0 Å². The summed E-state index contributed by atoms with van der Waals surface area (Å²) in [5.41, 5.74) is 0. The van der Waals surface area contributed by atoms with Crippen LogP contribution in [0.25, 0.3) is 0 Å². The van der Waals surface area contributed by atoms with Gasteiger partial charge in [-0.2, -0.15) is 12.6 Å². The molecule has 0 aromatic carbocycles. The van der Waals surface area contributed by atoms with Crippen LogP contribution in [0.15, 0.2) is 0 Å². The van der Waals surface area contributed by atoms with Gasteiger partial charge < -0.3 is 5.11 Å². The fraction of sp³-hybridized carbons (Fsp3) is 1.00.